The topological polar surface area (TPSA) is 58.6 Å². The zero-order valence-electron chi connectivity index (χ0n) is 29.4. The minimum atomic E-state index is 0.0180. The fourth-order valence-corrected chi connectivity index (χ4v) is 9.43. The van der Waals surface area contributed by atoms with Crippen LogP contribution >= 0.6 is 0 Å². The van der Waals surface area contributed by atoms with Crippen LogP contribution in [0.3, 0.4) is 0 Å². The normalized spacial score (nSPS) is 17.4. The van der Waals surface area contributed by atoms with E-state index >= 15 is 0 Å². The van der Waals surface area contributed by atoms with Gasteiger partial charge in [-0.05, 0) is 59.9 Å². The number of para-hydroxylation sites is 3. The Morgan fingerprint density at radius 2 is 1.50 bits per heavy atom. The molecular formula is C49H34N4O. The van der Waals surface area contributed by atoms with Crippen molar-refractivity contribution in [1.29, 1.82) is 0 Å². The lowest BCUT2D eigenvalue weighted by molar-refractivity contribution is 0.257. The monoisotopic (exact) mass is 694 g/mol. The van der Waals surface area contributed by atoms with Gasteiger partial charge in [0.25, 0.3) is 0 Å². The van der Waals surface area contributed by atoms with Crippen molar-refractivity contribution < 1.29 is 4.74 Å². The standard InChI is InChI=1S/C49H34N4O/c1-2-11-29(12-3-1)45-40-20-9-17-33(46(40)52-51-45)30-13-8-14-32(27-30)53-43-21-6-4-15-35(43)38-25-24-37-41-28-31(23-26-42(41)50-47(37)48(38)53)34-18-10-19-39-36-16-5-7-22-44(36)54-49(34)39/h1-22,24-25,27-28,39,49-50H,23,26H2,(H,51,52). The van der Waals surface area contributed by atoms with Crippen LogP contribution in [0.25, 0.3) is 77.8 Å². The van der Waals surface area contributed by atoms with E-state index in [4.69, 9.17) is 9.84 Å². The number of rotatable bonds is 4. The number of fused-ring (bicyclic) bond motifs is 11. The molecule has 54 heavy (non-hydrogen) atoms. The summed E-state index contributed by atoms with van der Waals surface area (Å²) < 4.78 is 9.05. The van der Waals surface area contributed by atoms with E-state index in [2.05, 4.69) is 166 Å². The van der Waals surface area contributed by atoms with Gasteiger partial charge in [0.2, 0.25) is 0 Å². The number of aromatic amines is 2. The quantitative estimate of drug-likeness (QED) is 0.193. The maximum atomic E-state index is 6.60. The second-order valence-electron chi connectivity index (χ2n) is 14.7. The first-order valence-electron chi connectivity index (χ1n) is 18.8. The Balaban J connectivity index is 1.01. The van der Waals surface area contributed by atoms with Gasteiger partial charge in [0.05, 0.1) is 27.8 Å². The highest BCUT2D eigenvalue weighted by Crippen LogP contribution is 2.47. The van der Waals surface area contributed by atoms with Crippen molar-refractivity contribution in [2.24, 2.45) is 0 Å². The average molecular weight is 695 g/mol. The van der Waals surface area contributed by atoms with E-state index in [1.807, 2.05) is 6.07 Å². The van der Waals surface area contributed by atoms with Crippen molar-refractivity contribution in [2.75, 3.05) is 0 Å². The van der Waals surface area contributed by atoms with E-state index in [9.17, 15) is 0 Å². The number of nitrogens with one attached hydrogen (secondary N) is 2. The first-order chi connectivity index (χ1) is 26.8. The summed E-state index contributed by atoms with van der Waals surface area (Å²) in [5.41, 5.74) is 16.6. The van der Waals surface area contributed by atoms with E-state index < -0.39 is 0 Å². The van der Waals surface area contributed by atoms with Crippen LogP contribution in [0.1, 0.15) is 29.2 Å². The SMILES string of the molecule is C1=CC2c3ccccc3OC2C(C2=Cc3c([nH]c4c3ccc3c5ccccc5n(-c5cccc(-c6cccc7c(-c8ccccc8)n[nH]c67)c5)c34)CC2)=C1. The molecule has 0 spiro atoms. The van der Waals surface area contributed by atoms with Crippen LogP contribution in [0.2, 0.25) is 0 Å². The molecule has 5 nitrogen and oxygen atoms in total. The highest BCUT2D eigenvalue weighted by Gasteiger charge is 2.38. The van der Waals surface area contributed by atoms with Gasteiger partial charge in [-0.25, -0.2) is 0 Å². The van der Waals surface area contributed by atoms with E-state index in [1.165, 1.54) is 60.7 Å². The Bertz CT molecular complexity index is 3100. The molecule has 0 saturated heterocycles. The lowest BCUT2D eigenvalue weighted by Crippen LogP contribution is -2.24. The summed E-state index contributed by atoms with van der Waals surface area (Å²) in [6.45, 7) is 0. The summed E-state index contributed by atoms with van der Waals surface area (Å²) in [5.74, 6) is 1.26. The summed E-state index contributed by atoms with van der Waals surface area (Å²) in [5, 5.41) is 13.0. The minimum absolute atomic E-state index is 0.0180. The molecule has 5 heteroatoms. The van der Waals surface area contributed by atoms with Crippen LogP contribution in [0.4, 0.5) is 0 Å². The van der Waals surface area contributed by atoms with E-state index in [0.29, 0.717) is 0 Å². The maximum Gasteiger partial charge on any atom is 0.134 e. The molecule has 0 fully saturated rings. The summed E-state index contributed by atoms with van der Waals surface area (Å²) in [7, 11) is 0. The lowest BCUT2D eigenvalue weighted by Gasteiger charge is -2.26. The molecule has 3 aromatic heterocycles. The summed E-state index contributed by atoms with van der Waals surface area (Å²) in [6.07, 6.45) is 11.2. The molecule has 2 unspecified atom stereocenters. The maximum absolute atomic E-state index is 6.60. The summed E-state index contributed by atoms with van der Waals surface area (Å²) in [4.78, 5) is 3.96. The second-order valence-corrected chi connectivity index (χ2v) is 14.7. The summed E-state index contributed by atoms with van der Waals surface area (Å²) in [6, 6.07) is 47.7. The number of hydrogen-bond donors (Lipinski definition) is 2. The lowest BCUT2D eigenvalue weighted by atomic mass is 9.81. The van der Waals surface area contributed by atoms with Gasteiger partial charge in [0, 0.05) is 61.1 Å². The third-order valence-electron chi connectivity index (χ3n) is 11.9. The van der Waals surface area contributed by atoms with Crippen molar-refractivity contribution >= 4 is 49.7 Å². The molecule has 2 N–H and O–H groups in total. The fraction of sp³-hybridized carbons (Fsp3) is 0.0816. The third-order valence-corrected chi connectivity index (χ3v) is 11.9. The molecule has 0 amide bonds. The van der Waals surface area contributed by atoms with Crippen LogP contribution in [0, 0.1) is 0 Å². The van der Waals surface area contributed by atoms with Crippen molar-refractivity contribution in [1.82, 2.24) is 19.7 Å². The predicted octanol–water partition coefficient (Wildman–Crippen LogP) is 11.8. The molecule has 6 aromatic carbocycles. The fourth-order valence-electron chi connectivity index (χ4n) is 9.43. The van der Waals surface area contributed by atoms with E-state index in [0.717, 1.165) is 57.6 Å². The van der Waals surface area contributed by atoms with Crippen molar-refractivity contribution in [2.45, 2.75) is 24.9 Å². The number of aromatic nitrogens is 4. The Morgan fingerprint density at radius 1 is 0.685 bits per heavy atom. The largest absolute Gasteiger partial charge is 0.484 e. The molecule has 4 heterocycles. The van der Waals surface area contributed by atoms with Gasteiger partial charge in [-0.2, -0.15) is 5.10 Å². The van der Waals surface area contributed by atoms with Crippen molar-refractivity contribution in [3.05, 3.63) is 180 Å². The summed E-state index contributed by atoms with van der Waals surface area (Å²) >= 11 is 0. The Morgan fingerprint density at radius 3 is 2.46 bits per heavy atom. The van der Waals surface area contributed by atoms with E-state index in [-0.39, 0.29) is 12.0 Å². The Hall–Kier alpha value is -6.85. The van der Waals surface area contributed by atoms with Gasteiger partial charge in [0.1, 0.15) is 11.9 Å². The molecule has 256 valence electrons. The van der Waals surface area contributed by atoms with Gasteiger partial charge in [-0.3, -0.25) is 5.10 Å². The number of ether oxygens (including phenoxy) is 1. The molecule has 1 aliphatic heterocycles. The molecule has 2 atom stereocenters. The first kappa shape index (κ1) is 29.7. The molecule has 12 rings (SSSR count). The van der Waals surface area contributed by atoms with Gasteiger partial charge in [-0.1, -0.05) is 127 Å². The number of benzene rings is 6. The van der Waals surface area contributed by atoms with Crippen molar-refractivity contribution in [3.63, 3.8) is 0 Å². The average Bonchev–Trinajstić information content (AvgIpc) is 4.01. The zero-order chi connectivity index (χ0) is 35.3. The number of nitrogens with zero attached hydrogens (tertiary/aromatic N) is 2. The minimum Gasteiger partial charge on any atom is -0.484 e. The number of allylic oxidation sites excluding steroid dienone is 2. The molecule has 2 aliphatic carbocycles. The van der Waals surface area contributed by atoms with Gasteiger partial charge >= 0.3 is 0 Å². The van der Waals surface area contributed by atoms with Gasteiger partial charge < -0.3 is 14.3 Å². The van der Waals surface area contributed by atoms with Crippen LogP contribution in [0.15, 0.2) is 163 Å². The molecule has 0 saturated carbocycles. The highest BCUT2D eigenvalue weighted by molar-refractivity contribution is 6.19. The molecule has 0 bridgehead atoms. The smallest absolute Gasteiger partial charge is 0.134 e. The first-order valence-corrected chi connectivity index (χ1v) is 18.8. The highest BCUT2D eigenvalue weighted by atomic mass is 16.5. The predicted molar refractivity (Wildman–Crippen MR) is 220 cm³/mol. The van der Waals surface area contributed by atoms with Crippen LogP contribution in [0.5, 0.6) is 5.75 Å². The second kappa shape index (κ2) is 11.3. The Labute approximate surface area is 311 Å². The van der Waals surface area contributed by atoms with E-state index in [1.54, 1.807) is 0 Å². The molecule has 0 radical (unpaired) electrons. The third kappa shape index (κ3) is 4.24. The van der Waals surface area contributed by atoms with Gasteiger partial charge in [0.15, 0.2) is 0 Å². The number of hydrogen-bond acceptors (Lipinski definition) is 2. The Kier molecular flexibility index (Phi) is 6.23. The molecule has 9 aromatic rings. The van der Waals surface area contributed by atoms with Crippen LogP contribution in [-0.4, -0.2) is 25.9 Å². The number of H-pyrrole nitrogens is 2. The van der Waals surface area contributed by atoms with Crippen LogP contribution < -0.4 is 4.74 Å². The van der Waals surface area contributed by atoms with Crippen LogP contribution in [-0.2, 0) is 6.42 Å². The van der Waals surface area contributed by atoms with Crippen molar-refractivity contribution in [3.8, 4) is 33.8 Å². The van der Waals surface area contributed by atoms with Gasteiger partial charge in [-0.15, -0.1) is 0 Å². The zero-order valence-corrected chi connectivity index (χ0v) is 29.4. The molecule has 3 aliphatic rings. The number of aryl methyl sites for hydroxylation is 1. The molecular weight excluding hydrogens is 661 g/mol.